The van der Waals surface area contributed by atoms with Gasteiger partial charge in [0, 0.05) is 30.1 Å². The number of nitrogens with zero attached hydrogens (tertiary/aromatic N) is 3. The number of thiophene rings is 1. The van der Waals surface area contributed by atoms with E-state index in [1.54, 1.807) is 11.3 Å². The maximum absolute atomic E-state index is 11.0. The highest BCUT2D eigenvalue weighted by Crippen LogP contribution is 2.32. The Labute approximate surface area is 202 Å². The molecule has 3 heterocycles. The predicted octanol–water partition coefficient (Wildman–Crippen LogP) is 5.31. The lowest BCUT2D eigenvalue weighted by Gasteiger charge is -2.36. The number of rotatable bonds is 8. The summed E-state index contributed by atoms with van der Waals surface area (Å²) in [5, 5.41) is 15.4. The summed E-state index contributed by atoms with van der Waals surface area (Å²) in [6, 6.07) is 18.9. The van der Waals surface area contributed by atoms with Gasteiger partial charge in [0.15, 0.2) is 0 Å². The zero-order valence-electron chi connectivity index (χ0n) is 19.3. The number of aryl methyl sites for hydroxylation is 2. The second kappa shape index (κ2) is 9.52. The van der Waals surface area contributed by atoms with Gasteiger partial charge in [0.2, 0.25) is 11.7 Å². The third-order valence-electron chi connectivity index (χ3n) is 6.27. The minimum Gasteiger partial charge on any atom is -0.481 e. The Morgan fingerprint density at radius 1 is 1.12 bits per heavy atom. The Bertz CT molecular complexity index is 1250. The largest absolute Gasteiger partial charge is 0.481 e. The molecule has 6 nitrogen and oxygen atoms in total. The number of carboxylic acid groups (broad SMARTS) is 1. The number of aromatic nitrogens is 2. The smallest absolute Gasteiger partial charge is 0.309 e. The molecule has 5 rings (SSSR count). The van der Waals surface area contributed by atoms with E-state index in [0.29, 0.717) is 24.8 Å². The zero-order chi connectivity index (χ0) is 23.7. The summed E-state index contributed by atoms with van der Waals surface area (Å²) in [7, 11) is 0. The molecule has 0 aliphatic carbocycles. The molecule has 0 radical (unpaired) electrons. The standard InChI is InChI=1S/C27H27N3O3S/c1-17-10-18(2)12-20(11-17)13-23(24-4-3-9-34-24)26-28-25(29-33-26)21-7-5-19(6-8-21)14-30-15-22(16-30)27(31)32/h3-12,22-23H,13-16H2,1-2H3,(H,31,32). The van der Waals surface area contributed by atoms with Crippen LogP contribution in [0, 0.1) is 19.8 Å². The number of likely N-dealkylation sites (tertiary alicyclic amines) is 1. The zero-order valence-corrected chi connectivity index (χ0v) is 20.1. The molecule has 1 fully saturated rings. The second-order valence-corrected chi connectivity index (χ2v) is 10.1. The highest BCUT2D eigenvalue weighted by Gasteiger charge is 2.32. The molecule has 7 heteroatoms. The van der Waals surface area contributed by atoms with Crippen LogP contribution in [0.15, 0.2) is 64.5 Å². The molecular formula is C27H27N3O3S. The number of hydrogen-bond acceptors (Lipinski definition) is 6. The van der Waals surface area contributed by atoms with E-state index >= 15 is 0 Å². The van der Waals surface area contributed by atoms with Gasteiger partial charge < -0.3 is 9.63 Å². The number of carboxylic acids is 1. The Balaban J connectivity index is 1.32. The van der Waals surface area contributed by atoms with Crippen LogP contribution in [0.4, 0.5) is 0 Å². The number of benzene rings is 2. The first-order valence-electron chi connectivity index (χ1n) is 11.4. The van der Waals surface area contributed by atoms with Gasteiger partial charge in [0.05, 0.1) is 11.8 Å². The molecule has 34 heavy (non-hydrogen) atoms. The first kappa shape index (κ1) is 22.5. The summed E-state index contributed by atoms with van der Waals surface area (Å²) >= 11 is 1.71. The van der Waals surface area contributed by atoms with Gasteiger partial charge in [-0.25, -0.2) is 0 Å². The lowest BCUT2D eigenvalue weighted by molar-refractivity contribution is -0.147. The van der Waals surface area contributed by atoms with E-state index in [0.717, 1.165) is 24.1 Å². The minimum absolute atomic E-state index is 0.00956. The Kier molecular flexibility index (Phi) is 6.30. The van der Waals surface area contributed by atoms with E-state index in [4.69, 9.17) is 14.6 Å². The van der Waals surface area contributed by atoms with Crippen LogP contribution in [-0.2, 0) is 17.8 Å². The van der Waals surface area contributed by atoms with Gasteiger partial charge >= 0.3 is 5.97 Å². The average molecular weight is 474 g/mol. The SMILES string of the molecule is Cc1cc(C)cc(CC(c2nc(-c3ccc(CN4CC(C(=O)O)C4)cc3)no2)c2cccs2)c1. The van der Waals surface area contributed by atoms with E-state index in [1.165, 1.54) is 21.6 Å². The van der Waals surface area contributed by atoms with Gasteiger partial charge in [-0.05, 0) is 42.8 Å². The molecule has 174 valence electrons. The van der Waals surface area contributed by atoms with Crippen LogP contribution in [0.5, 0.6) is 0 Å². The first-order chi connectivity index (χ1) is 16.4. The van der Waals surface area contributed by atoms with Crippen molar-refractivity contribution >= 4 is 17.3 Å². The summed E-state index contributed by atoms with van der Waals surface area (Å²) in [6.45, 7) is 6.21. The predicted molar refractivity (Wildman–Crippen MR) is 132 cm³/mol. The molecule has 1 aliphatic rings. The van der Waals surface area contributed by atoms with Crippen molar-refractivity contribution in [1.82, 2.24) is 15.0 Å². The summed E-state index contributed by atoms with van der Waals surface area (Å²) in [6.07, 6.45) is 0.802. The van der Waals surface area contributed by atoms with Crippen LogP contribution in [0.1, 0.15) is 38.9 Å². The quantitative estimate of drug-likeness (QED) is 0.374. The fourth-order valence-corrected chi connectivity index (χ4v) is 5.41. The van der Waals surface area contributed by atoms with E-state index in [2.05, 4.69) is 59.6 Å². The van der Waals surface area contributed by atoms with E-state index in [-0.39, 0.29) is 11.8 Å². The average Bonchev–Trinajstić information content (AvgIpc) is 3.46. The normalized spacial score (nSPS) is 15.2. The maximum atomic E-state index is 11.0. The second-order valence-electron chi connectivity index (χ2n) is 9.15. The van der Waals surface area contributed by atoms with Crippen molar-refractivity contribution in [2.45, 2.75) is 32.7 Å². The number of aliphatic carboxylic acids is 1. The molecule has 2 aromatic heterocycles. The lowest BCUT2D eigenvalue weighted by atomic mass is 9.95. The molecule has 0 spiro atoms. The third kappa shape index (κ3) is 4.95. The maximum Gasteiger partial charge on any atom is 0.309 e. The monoisotopic (exact) mass is 473 g/mol. The van der Waals surface area contributed by atoms with Gasteiger partial charge in [0.1, 0.15) is 0 Å². The van der Waals surface area contributed by atoms with Crippen molar-refractivity contribution in [1.29, 1.82) is 0 Å². The highest BCUT2D eigenvalue weighted by molar-refractivity contribution is 7.10. The molecule has 2 aromatic carbocycles. The molecular weight excluding hydrogens is 446 g/mol. The lowest BCUT2D eigenvalue weighted by Crippen LogP contribution is -2.49. The Morgan fingerprint density at radius 3 is 2.50 bits per heavy atom. The molecule has 0 amide bonds. The summed E-state index contributed by atoms with van der Waals surface area (Å²) in [5.41, 5.74) is 5.81. The molecule has 1 N–H and O–H groups in total. The molecule has 4 aromatic rings. The van der Waals surface area contributed by atoms with Crippen molar-refractivity contribution in [2.75, 3.05) is 13.1 Å². The van der Waals surface area contributed by atoms with Gasteiger partial charge in [-0.2, -0.15) is 4.98 Å². The third-order valence-corrected chi connectivity index (χ3v) is 7.26. The van der Waals surface area contributed by atoms with Crippen LogP contribution in [0.2, 0.25) is 0 Å². The molecule has 1 unspecified atom stereocenters. The van der Waals surface area contributed by atoms with E-state index < -0.39 is 5.97 Å². The molecule has 1 atom stereocenters. The summed E-state index contributed by atoms with van der Waals surface area (Å²) in [5.74, 6) is 0.268. The van der Waals surface area contributed by atoms with Gasteiger partial charge in [-0.15, -0.1) is 11.3 Å². The van der Waals surface area contributed by atoms with Gasteiger partial charge in [-0.1, -0.05) is 64.8 Å². The van der Waals surface area contributed by atoms with Crippen LogP contribution in [0.25, 0.3) is 11.4 Å². The number of hydrogen-bond donors (Lipinski definition) is 1. The molecule has 1 saturated heterocycles. The van der Waals surface area contributed by atoms with Crippen LogP contribution in [0.3, 0.4) is 0 Å². The first-order valence-corrected chi connectivity index (χ1v) is 12.3. The van der Waals surface area contributed by atoms with Crippen LogP contribution in [-0.4, -0.2) is 39.2 Å². The molecule has 0 saturated carbocycles. The van der Waals surface area contributed by atoms with Crippen LogP contribution >= 0.6 is 11.3 Å². The van der Waals surface area contributed by atoms with E-state index in [9.17, 15) is 4.79 Å². The summed E-state index contributed by atoms with van der Waals surface area (Å²) < 4.78 is 5.77. The minimum atomic E-state index is -0.710. The van der Waals surface area contributed by atoms with Crippen molar-refractivity contribution in [3.05, 3.63) is 93.0 Å². The van der Waals surface area contributed by atoms with Crippen LogP contribution < -0.4 is 0 Å². The van der Waals surface area contributed by atoms with E-state index in [1.807, 2.05) is 24.3 Å². The van der Waals surface area contributed by atoms with Crippen molar-refractivity contribution in [2.24, 2.45) is 5.92 Å². The van der Waals surface area contributed by atoms with Gasteiger partial charge in [0.25, 0.3) is 0 Å². The Hall–Kier alpha value is -3.29. The van der Waals surface area contributed by atoms with Crippen molar-refractivity contribution in [3.63, 3.8) is 0 Å². The molecule has 1 aliphatic heterocycles. The summed E-state index contributed by atoms with van der Waals surface area (Å²) in [4.78, 5) is 19.1. The number of carbonyl (C=O) groups is 1. The van der Waals surface area contributed by atoms with Crippen molar-refractivity contribution < 1.29 is 14.4 Å². The van der Waals surface area contributed by atoms with Gasteiger partial charge in [-0.3, -0.25) is 9.69 Å². The fraction of sp³-hybridized carbons (Fsp3) is 0.296. The Morgan fingerprint density at radius 2 is 1.85 bits per heavy atom. The topological polar surface area (TPSA) is 79.5 Å². The fourth-order valence-electron chi connectivity index (χ4n) is 4.59. The highest BCUT2D eigenvalue weighted by atomic mass is 32.1. The molecule has 0 bridgehead atoms. The van der Waals surface area contributed by atoms with Crippen molar-refractivity contribution in [3.8, 4) is 11.4 Å².